The summed E-state index contributed by atoms with van der Waals surface area (Å²) >= 11 is 0. The number of carboxylic acid groups (broad SMARTS) is 1. The highest BCUT2D eigenvalue weighted by atomic mass is 31.0. The summed E-state index contributed by atoms with van der Waals surface area (Å²) in [6.07, 6.45) is 0.903. The minimum atomic E-state index is -0.731. The molecule has 0 spiro atoms. The molecule has 1 unspecified atom stereocenters. The molecule has 0 radical (unpaired) electrons. The van der Waals surface area contributed by atoms with Crippen molar-refractivity contribution < 1.29 is 9.90 Å². The van der Waals surface area contributed by atoms with Gasteiger partial charge < -0.3 is 5.11 Å². The molecule has 5 heteroatoms. The highest BCUT2D eigenvalue weighted by Crippen LogP contribution is 1.84. The number of hydrogen-bond acceptors (Lipinski definition) is 3. The van der Waals surface area contributed by atoms with Crippen LogP contribution in [0.2, 0.25) is 0 Å². The summed E-state index contributed by atoms with van der Waals surface area (Å²) < 4.78 is 0. The van der Waals surface area contributed by atoms with Gasteiger partial charge in [-0.1, -0.05) is 0 Å². The van der Waals surface area contributed by atoms with Gasteiger partial charge in [0.05, 0.1) is 0 Å². The second kappa shape index (κ2) is 9.94. The van der Waals surface area contributed by atoms with Gasteiger partial charge >= 0.3 is 5.97 Å². The number of hydrazine groups is 1. The number of carboxylic acids is 1. The second-order valence-corrected chi connectivity index (χ2v) is 1.51. The lowest BCUT2D eigenvalue weighted by molar-refractivity contribution is -0.136. The molecule has 8 heavy (non-hydrogen) atoms. The van der Waals surface area contributed by atoms with Crippen molar-refractivity contribution in [2.45, 2.75) is 6.42 Å². The molecule has 0 aromatic heterocycles. The minimum absolute atomic E-state index is 0.255. The molecule has 0 aromatic carbocycles. The molecule has 0 amide bonds. The molecule has 0 aromatic rings. The first-order chi connectivity index (χ1) is 3.77. The Morgan fingerprint density at radius 2 is 2.00 bits per heavy atom. The molecule has 0 aliphatic heterocycles. The Morgan fingerprint density at radius 1 is 1.62 bits per heavy atom. The maximum atomic E-state index is 9.59. The van der Waals surface area contributed by atoms with Crippen LogP contribution in [0.3, 0.4) is 0 Å². The quantitative estimate of drug-likeness (QED) is 0.263. The summed E-state index contributed by atoms with van der Waals surface area (Å²) in [4.78, 5) is 9.59. The van der Waals surface area contributed by atoms with Crippen molar-refractivity contribution in [3.63, 3.8) is 0 Å². The standard InChI is InChI=1S/C3H7O2P.H4N2/c4-3(5)1-2-6;1-2/h1-2,6H2,(H,4,5);1-2H2. The van der Waals surface area contributed by atoms with Gasteiger partial charge in [-0.25, -0.2) is 0 Å². The van der Waals surface area contributed by atoms with Crippen LogP contribution in [0, 0.1) is 0 Å². The first kappa shape index (κ1) is 10.7. The van der Waals surface area contributed by atoms with Gasteiger partial charge in [-0.2, -0.15) is 0 Å². The van der Waals surface area contributed by atoms with Gasteiger partial charge in [0.25, 0.3) is 0 Å². The molecular formula is C3H11N2O2P. The average molecular weight is 138 g/mol. The Bertz CT molecular complexity index is 59.2. The Morgan fingerprint density at radius 3 is 2.00 bits per heavy atom. The first-order valence-electron chi connectivity index (χ1n) is 2.02. The third kappa shape index (κ3) is 17.0. The van der Waals surface area contributed by atoms with Gasteiger partial charge in [0.15, 0.2) is 0 Å². The van der Waals surface area contributed by atoms with Crippen LogP contribution < -0.4 is 11.7 Å². The van der Waals surface area contributed by atoms with Gasteiger partial charge in [0.1, 0.15) is 0 Å². The van der Waals surface area contributed by atoms with Crippen LogP contribution in [0.15, 0.2) is 0 Å². The summed E-state index contributed by atoms with van der Waals surface area (Å²) in [5, 5.41) is 7.90. The van der Waals surface area contributed by atoms with E-state index in [-0.39, 0.29) is 6.42 Å². The van der Waals surface area contributed by atoms with Crippen molar-refractivity contribution in [1.82, 2.24) is 0 Å². The Kier molecular flexibility index (Phi) is 13.3. The van der Waals surface area contributed by atoms with Crippen LogP contribution >= 0.6 is 9.24 Å². The zero-order valence-corrected chi connectivity index (χ0v) is 5.66. The fourth-order valence-corrected chi connectivity index (χ4v) is 0.370. The fraction of sp³-hybridized carbons (Fsp3) is 0.667. The van der Waals surface area contributed by atoms with Crippen molar-refractivity contribution in [2.24, 2.45) is 11.7 Å². The first-order valence-corrected chi connectivity index (χ1v) is 2.84. The monoisotopic (exact) mass is 138 g/mol. The Labute approximate surface area is 50.4 Å². The summed E-state index contributed by atoms with van der Waals surface area (Å²) in [5.74, 6) is 7.27. The smallest absolute Gasteiger partial charge is 0.303 e. The number of hydrogen-bond donors (Lipinski definition) is 3. The van der Waals surface area contributed by atoms with Gasteiger partial charge in [-0.3, -0.25) is 16.5 Å². The summed E-state index contributed by atoms with van der Waals surface area (Å²) in [6, 6.07) is 0. The van der Waals surface area contributed by atoms with E-state index in [1.54, 1.807) is 0 Å². The van der Waals surface area contributed by atoms with E-state index in [1.165, 1.54) is 0 Å². The third-order valence-electron chi connectivity index (χ3n) is 0.358. The number of carbonyl (C=O) groups is 1. The average Bonchev–Trinajstić information content (AvgIpc) is 1.72. The van der Waals surface area contributed by atoms with Crippen molar-refractivity contribution in [1.29, 1.82) is 0 Å². The summed E-state index contributed by atoms with van der Waals surface area (Å²) in [5.41, 5.74) is 0. The topological polar surface area (TPSA) is 89.3 Å². The predicted octanol–water partition coefficient (Wildman–Crippen LogP) is -0.845. The number of aliphatic carboxylic acids is 1. The molecular weight excluding hydrogens is 127 g/mol. The van der Waals surface area contributed by atoms with E-state index in [0.717, 1.165) is 0 Å². The van der Waals surface area contributed by atoms with Crippen molar-refractivity contribution >= 4 is 15.2 Å². The van der Waals surface area contributed by atoms with E-state index < -0.39 is 5.97 Å². The van der Waals surface area contributed by atoms with Crippen molar-refractivity contribution in [2.75, 3.05) is 6.16 Å². The van der Waals surface area contributed by atoms with Crippen LogP contribution in [-0.4, -0.2) is 17.2 Å². The zero-order valence-electron chi connectivity index (χ0n) is 4.50. The van der Waals surface area contributed by atoms with Gasteiger partial charge in [-0.05, 0) is 6.16 Å². The maximum absolute atomic E-state index is 9.59. The third-order valence-corrected chi connectivity index (χ3v) is 0.647. The van der Waals surface area contributed by atoms with E-state index >= 15 is 0 Å². The van der Waals surface area contributed by atoms with Gasteiger partial charge in [0, 0.05) is 6.42 Å². The maximum Gasteiger partial charge on any atom is 0.303 e. The molecule has 0 saturated heterocycles. The molecule has 0 bridgehead atoms. The largest absolute Gasteiger partial charge is 0.481 e. The molecule has 0 aliphatic carbocycles. The summed E-state index contributed by atoms with van der Waals surface area (Å²) in [7, 11) is 2.34. The molecule has 0 heterocycles. The van der Waals surface area contributed by atoms with Crippen LogP contribution in [0.1, 0.15) is 6.42 Å². The van der Waals surface area contributed by atoms with E-state index in [4.69, 9.17) is 5.11 Å². The van der Waals surface area contributed by atoms with Crippen LogP contribution in [0.25, 0.3) is 0 Å². The lowest BCUT2D eigenvalue weighted by Crippen LogP contribution is -2.02. The van der Waals surface area contributed by atoms with E-state index in [2.05, 4.69) is 20.9 Å². The lowest BCUT2D eigenvalue weighted by atomic mass is 10.5. The molecule has 0 saturated carbocycles. The van der Waals surface area contributed by atoms with Crippen molar-refractivity contribution in [3.05, 3.63) is 0 Å². The van der Waals surface area contributed by atoms with Gasteiger partial charge in [-0.15, -0.1) is 9.24 Å². The van der Waals surface area contributed by atoms with Crippen LogP contribution in [0.5, 0.6) is 0 Å². The van der Waals surface area contributed by atoms with Crippen molar-refractivity contribution in [3.8, 4) is 0 Å². The number of nitrogens with two attached hydrogens (primary N) is 2. The highest BCUT2D eigenvalue weighted by molar-refractivity contribution is 7.16. The Hall–Kier alpha value is -0.180. The van der Waals surface area contributed by atoms with Crippen LogP contribution in [0.4, 0.5) is 0 Å². The predicted molar refractivity (Wildman–Crippen MR) is 35.2 cm³/mol. The molecule has 0 fully saturated rings. The second-order valence-electron chi connectivity index (χ2n) is 0.932. The number of rotatable bonds is 2. The normalized spacial score (nSPS) is 6.88. The molecule has 5 N–H and O–H groups in total. The van der Waals surface area contributed by atoms with E-state index in [1.807, 2.05) is 0 Å². The molecule has 0 rings (SSSR count). The molecule has 0 aliphatic rings. The summed E-state index contributed by atoms with van der Waals surface area (Å²) in [6.45, 7) is 0. The highest BCUT2D eigenvalue weighted by Gasteiger charge is 1.87. The fourth-order valence-electron chi connectivity index (χ4n) is 0.123. The Balaban J connectivity index is 0. The van der Waals surface area contributed by atoms with Crippen LogP contribution in [-0.2, 0) is 4.79 Å². The molecule has 50 valence electrons. The minimum Gasteiger partial charge on any atom is -0.481 e. The van der Waals surface area contributed by atoms with E-state index in [0.29, 0.717) is 6.16 Å². The zero-order chi connectivity index (χ0) is 6.99. The van der Waals surface area contributed by atoms with Gasteiger partial charge in [0.2, 0.25) is 0 Å². The lowest BCUT2D eigenvalue weighted by Gasteiger charge is -1.79. The SMILES string of the molecule is NN.O=C(O)CCP. The van der Waals surface area contributed by atoms with E-state index in [9.17, 15) is 4.79 Å². The molecule has 4 nitrogen and oxygen atoms in total. The molecule has 1 atom stereocenters.